The first-order chi connectivity index (χ1) is 11.5. The lowest BCUT2D eigenvalue weighted by molar-refractivity contribution is 0.0939. The first-order valence-electron chi connectivity index (χ1n) is 7.53. The van der Waals surface area contributed by atoms with E-state index in [1.165, 1.54) is 7.11 Å². The average molecular weight is 413 g/mol. The molecule has 4 nitrogen and oxygen atoms in total. The number of ether oxygens (including phenoxy) is 2. The number of amides is 1. The SMILES string of the molecule is CCOc1c(Cl)cc(C(=O)NC(C)c2ccccc2Br)cc1OC. The molecule has 1 amide bonds. The van der Waals surface area contributed by atoms with Crippen LogP contribution < -0.4 is 14.8 Å². The van der Waals surface area contributed by atoms with Crippen molar-refractivity contribution in [2.24, 2.45) is 0 Å². The van der Waals surface area contributed by atoms with Gasteiger partial charge in [0.05, 0.1) is 24.8 Å². The highest BCUT2D eigenvalue weighted by molar-refractivity contribution is 9.10. The van der Waals surface area contributed by atoms with E-state index in [1.54, 1.807) is 12.1 Å². The summed E-state index contributed by atoms with van der Waals surface area (Å²) in [7, 11) is 1.51. The van der Waals surface area contributed by atoms with Crippen molar-refractivity contribution in [3.63, 3.8) is 0 Å². The Morgan fingerprint density at radius 1 is 1.33 bits per heavy atom. The number of rotatable bonds is 6. The summed E-state index contributed by atoms with van der Waals surface area (Å²) < 4.78 is 11.7. The van der Waals surface area contributed by atoms with Gasteiger partial charge in [0.2, 0.25) is 0 Å². The van der Waals surface area contributed by atoms with Crippen LogP contribution in [0.2, 0.25) is 5.02 Å². The number of carbonyl (C=O) groups is 1. The molecule has 24 heavy (non-hydrogen) atoms. The zero-order valence-corrected chi connectivity index (χ0v) is 16.1. The summed E-state index contributed by atoms with van der Waals surface area (Å²) in [5.74, 6) is 0.640. The van der Waals surface area contributed by atoms with Crippen LogP contribution >= 0.6 is 27.5 Å². The predicted octanol–water partition coefficient (Wildman–Crippen LogP) is 5.00. The molecule has 0 radical (unpaired) electrons. The first-order valence-corrected chi connectivity index (χ1v) is 8.70. The lowest BCUT2D eigenvalue weighted by Gasteiger charge is -2.17. The minimum absolute atomic E-state index is 0.163. The Morgan fingerprint density at radius 2 is 2.04 bits per heavy atom. The molecule has 2 aromatic rings. The van der Waals surface area contributed by atoms with Gasteiger partial charge in [0.25, 0.3) is 5.91 Å². The van der Waals surface area contributed by atoms with E-state index in [4.69, 9.17) is 21.1 Å². The maximum atomic E-state index is 12.5. The summed E-state index contributed by atoms with van der Waals surface area (Å²) in [6.07, 6.45) is 0. The Balaban J connectivity index is 2.24. The molecule has 1 N–H and O–H groups in total. The third-order valence-corrected chi connectivity index (χ3v) is 4.50. The maximum Gasteiger partial charge on any atom is 0.251 e. The van der Waals surface area contributed by atoms with Gasteiger partial charge in [-0.15, -0.1) is 0 Å². The summed E-state index contributed by atoms with van der Waals surface area (Å²) >= 11 is 9.72. The molecule has 0 aliphatic rings. The molecule has 0 aliphatic carbocycles. The molecular formula is C18H19BrClNO3. The fourth-order valence-corrected chi connectivity index (χ4v) is 3.21. The molecule has 1 atom stereocenters. The van der Waals surface area contributed by atoms with Gasteiger partial charge in [-0.05, 0) is 37.6 Å². The number of benzene rings is 2. The van der Waals surface area contributed by atoms with Gasteiger partial charge in [0, 0.05) is 10.0 Å². The smallest absolute Gasteiger partial charge is 0.251 e. The highest BCUT2D eigenvalue weighted by Gasteiger charge is 2.18. The third kappa shape index (κ3) is 4.22. The molecule has 2 rings (SSSR count). The number of nitrogens with one attached hydrogen (secondary N) is 1. The minimum atomic E-state index is -0.235. The van der Waals surface area contributed by atoms with Crippen molar-refractivity contribution < 1.29 is 14.3 Å². The van der Waals surface area contributed by atoms with Crippen molar-refractivity contribution >= 4 is 33.4 Å². The molecule has 0 saturated heterocycles. The fraction of sp³-hybridized carbons (Fsp3) is 0.278. The van der Waals surface area contributed by atoms with E-state index in [1.807, 2.05) is 38.1 Å². The van der Waals surface area contributed by atoms with Crippen molar-refractivity contribution in [1.82, 2.24) is 5.32 Å². The van der Waals surface area contributed by atoms with E-state index in [2.05, 4.69) is 21.2 Å². The molecule has 0 aromatic heterocycles. The predicted molar refractivity (Wildman–Crippen MR) is 99.2 cm³/mol. The van der Waals surface area contributed by atoms with Gasteiger partial charge in [0.1, 0.15) is 0 Å². The minimum Gasteiger partial charge on any atom is -0.493 e. The Morgan fingerprint density at radius 3 is 2.67 bits per heavy atom. The lowest BCUT2D eigenvalue weighted by atomic mass is 10.1. The zero-order valence-electron chi connectivity index (χ0n) is 13.7. The molecular weight excluding hydrogens is 394 g/mol. The Labute approximate surface area is 155 Å². The standard InChI is InChI=1S/C18H19BrClNO3/c1-4-24-17-15(20)9-12(10-16(17)23-3)18(22)21-11(2)13-7-5-6-8-14(13)19/h5-11H,4H2,1-3H3,(H,21,22). The first kappa shape index (κ1) is 18.6. The zero-order chi connectivity index (χ0) is 17.7. The second-order valence-corrected chi connectivity index (χ2v) is 6.40. The number of carbonyl (C=O) groups excluding carboxylic acids is 1. The van der Waals surface area contributed by atoms with Crippen LogP contribution in [0.15, 0.2) is 40.9 Å². The van der Waals surface area contributed by atoms with Gasteiger partial charge in [-0.2, -0.15) is 0 Å². The summed E-state index contributed by atoms with van der Waals surface area (Å²) in [6.45, 7) is 4.24. The van der Waals surface area contributed by atoms with Gasteiger partial charge >= 0.3 is 0 Å². The highest BCUT2D eigenvalue weighted by Crippen LogP contribution is 2.36. The van der Waals surface area contributed by atoms with Crippen LogP contribution in [-0.4, -0.2) is 19.6 Å². The molecule has 0 spiro atoms. The van der Waals surface area contributed by atoms with Crippen LogP contribution in [0.3, 0.4) is 0 Å². The van der Waals surface area contributed by atoms with Crippen LogP contribution in [0, 0.1) is 0 Å². The molecule has 0 aliphatic heterocycles. The average Bonchev–Trinajstić information content (AvgIpc) is 2.56. The van der Waals surface area contributed by atoms with Crippen molar-refractivity contribution in [1.29, 1.82) is 0 Å². The number of hydrogen-bond donors (Lipinski definition) is 1. The normalized spacial score (nSPS) is 11.7. The van der Waals surface area contributed by atoms with E-state index < -0.39 is 0 Å². The van der Waals surface area contributed by atoms with Crippen LogP contribution in [-0.2, 0) is 0 Å². The van der Waals surface area contributed by atoms with Crippen molar-refractivity contribution in [3.8, 4) is 11.5 Å². The topological polar surface area (TPSA) is 47.6 Å². The molecule has 2 aromatic carbocycles. The van der Waals surface area contributed by atoms with E-state index in [9.17, 15) is 4.79 Å². The fourth-order valence-electron chi connectivity index (χ4n) is 2.32. The van der Waals surface area contributed by atoms with E-state index in [0.29, 0.717) is 28.7 Å². The highest BCUT2D eigenvalue weighted by atomic mass is 79.9. The van der Waals surface area contributed by atoms with Gasteiger partial charge in [-0.1, -0.05) is 45.7 Å². The van der Waals surface area contributed by atoms with Crippen LogP contribution in [0.1, 0.15) is 35.8 Å². The van der Waals surface area contributed by atoms with E-state index in [-0.39, 0.29) is 11.9 Å². The molecule has 1 unspecified atom stereocenters. The van der Waals surface area contributed by atoms with Gasteiger partial charge in [0.15, 0.2) is 11.5 Å². The summed E-state index contributed by atoms with van der Waals surface area (Å²) in [5.41, 5.74) is 1.41. The molecule has 6 heteroatoms. The van der Waals surface area contributed by atoms with Gasteiger partial charge in [-0.3, -0.25) is 4.79 Å². The maximum absolute atomic E-state index is 12.5. The molecule has 0 heterocycles. The summed E-state index contributed by atoms with van der Waals surface area (Å²) in [5, 5.41) is 3.30. The quantitative estimate of drug-likeness (QED) is 0.726. The monoisotopic (exact) mass is 411 g/mol. The molecule has 128 valence electrons. The van der Waals surface area contributed by atoms with Gasteiger partial charge < -0.3 is 14.8 Å². The Hall–Kier alpha value is -1.72. The van der Waals surface area contributed by atoms with Gasteiger partial charge in [-0.25, -0.2) is 0 Å². The Bertz CT molecular complexity index is 736. The van der Waals surface area contributed by atoms with Crippen LogP contribution in [0.25, 0.3) is 0 Å². The van der Waals surface area contributed by atoms with Crippen molar-refractivity contribution in [2.75, 3.05) is 13.7 Å². The Kier molecular flexibility index (Phi) is 6.52. The lowest BCUT2D eigenvalue weighted by Crippen LogP contribution is -2.27. The number of methoxy groups -OCH3 is 1. The number of halogens is 2. The van der Waals surface area contributed by atoms with Crippen molar-refractivity contribution in [3.05, 3.63) is 57.0 Å². The second kappa shape index (κ2) is 8.40. The summed E-state index contributed by atoms with van der Waals surface area (Å²) in [4.78, 5) is 12.5. The van der Waals surface area contributed by atoms with Crippen LogP contribution in [0.5, 0.6) is 11.5 Å². The molecule has 0 saturated carbocycles. The largest absolute Gasteiger partial charge is 0.493 e. The number of hydrogen-bond acceptors (Lipinski definition) is 3. The van der Waals surface area contributed by atoms with Crippen molar-refractivity contribution in [2.45, 2.75) is 19.9 Å². The molecule has 0 fully saturated rings. The van der Waals surface area contributed by atoms with E-state index in [0.717, 1.165) is 10.0 Å². The third-order valence-electron chi connectivity index (χ3n) is 3.50. The summed E-state index contributed by atoms with van der Waals surface area (Å²) in [6, 6.07) is 10.8. The second-order valence-electron chi connectivity index (χ2n) is 5.14. The molecule has 0 bridgehead atoms. The van der Waals surface area contributed by atoms with Crippen LogP contribution in [0.4, 0.5) is 0 Å². The van der Waals surface area contributed by atoms with E-state index >= 15 is 0 Å².